The summed E-state index contributed by atoms with van der Waals surface area (Å²) in [5, 5.41) is 0.574. The van der Waals surface area contributed by atoms with Gasteiger partial charge in [0.05, 0.1) is 7.11 Å². The maximum atomic E-state index is 12.7. The van der Waals surface area contributed by atoms with Crippen LogP contribution in [0.15, 0.2) is 84.9 Å². The summed E-state index contributed by atoms with van der Waals surface area (Å²) in [6.45, 7) is 0. The highest BCUT2D eigenvalue weighted by molar-refractivity contribution is 6.30. The number of carbonyl (C=O) groups excluding carboxylic acids is 2. The van der Waals surface area contributed by atoms with Crippen LogP contribution in [0, 0.1) is 0 Å². The summed E-state index contributed by atoms with van der Waals surface area (Å²) in [4.78, 5) is 25.5. The summed E-state index contributed by atoms with van der Waals surface area (Å²) in [5.74, 6) is 0.446. The van der Waals surface area contributed by atoms with Crippen molar-refractivity contribution in [3.05, 3.63) is 107 Å². The summed E-state index contributed by atoms with van der Waals surface area (Å²) in [7, 11) is 1.58. The first-order valence-electron chi connectivity index (χ1n) is 8.80. The van der Waals surface area contributed by atoms with Crippen molar-refractivity contribution < 1.29 is 14.3 Å². The van der Waals surface area contributed by atoms with Crippen molar-refractivity contribution in [2.45, 2.75) is 6.42 Å². The highest BCUT2D eigenvalue weighted by Gasteiger charge is 2.13. The molecule has 140 valence electrons. The first-order valence-corrected chi connectivity index (χ1v) is 9.18. The third kappa shape index (κ3) is 4.96. The van der Waals surface area contributed by atoms with Gasteiger partial charge in [0.1, 0.15) is 5.75 Å². The fourth-order valence-corrected chi connectivity index (χ4v) is 2.92. The molecule has 0 amide bonds. The van der Waals surface area contributed by atoms with Gasteiger partial charge in [-0.3, -0.25) is 9.59 Å². The minimum atomic E-state index is -0.162. The van der Waals surface area contributed by atoms with Crippen molar-refractivity contribution in [1.82, 2.24) is 0 Å². The summed E-state index contributed by atoms with van der Waals surface area (Å²) in [6, 6.07) is 23.1. The zero-order chi connectivity index (χ0) is 19.9. The molecule has 3 aromatic carbocycles. The molecule has 0 saturated heterocycles. The summed E-state index contributed by atoms with van der Waals surface area (Å²) in [6.07, 6.45) is 1.65. The smallest absolute Gasteiger partial charge is 0.186 e. The molecule has 3 nitrogen and oxygen atoms in total. The van der Waals surface area contributed by atoms with Crippen molar-refractivity contribution in [2.24, 2.45) is 0 Å². The maximum absolute atomic E-state index is 12.7. The van der Waals surface area contributed by atoms with Crippen molar-refractivity contribution in [3.63, 3.8) is 0 Å². The average Bonchev–Trinajstić information content (AvgIpc) is 2.74. The number of halogens is 1. The number of allylic oxidation sites excluding steroid dienone is 2. The number of carbonyl (C=O) groups is 2. The molecule has 0 heterocycles. The monoisotopic (exact) mass is 390 g/mol. The van der Waals surface area contributed by atoms with Crippen molar-refractivity contribution in [1.29, 1.82) is 0 Å². The third-order valence-electron chi connectivity index (χ3n) is 4.34. The van der Waals surface area contributed by atoms with E-state index in [1.165, 1.54) is 6.08 Å². The number of rotatable bonds is 7. The van der Waals surface area contributed by atoms with Crippen LogP contribution in [0.3, 0.4) is 0 Å². The minimum absolute atomic E-state index is 0.0747. The molecule has 0 saturated carbocycles. The summed E-state index contributed by atoms with van der Waals surface area (Å²) < 4.78 is 5.13. The third-order valence-corrected chi connectivity index (χ3v) is 4.59. The molecule has 0 radical (unpaired) electrons. The first kappa shape index (κ1) is 19.6. The van der Waals surface area contributed by atoms with Gasteiger partial charge < -0.3 is 4.74 Å². The van der Waals surface area contributed by atoms with Crippen LogP contribution in [0.2, 0.25) is 5.02 Å². The van der Waals surface area contributed by atoms with Crippen molar-refractivity contribution >= 4 is 28.7 Å². The fraction of sp³-hybridized carbons (Fsp3) is 0.0833. The van der Waals surface area contributed by atoms with E-state index in [1.54, 1.807) is 55.6 Å². The fourth-order valence-electron chi connectivity index (χ4n) is 2.80. The molecule has 0 N–H and O–H groups in total. The van der Waals surface area contributed by atoms with Crippen molar-refractivity contribution in [2.75, 3.05) is 7.11 Å². The molecular weight excluding hydrogens is 372 g/mol. The maximum Gasteiger partial charge on any atom is 0.186 e. The van der Waals surface area contributed by atoms with Gasteiger partial charge in [0.15, 0.2) is 11.6 Å². The topological polar surface area (TPSA) is 43.4 Å². The second-order valence-corrected chi connectivity index (χ2v) is 6.67. The Balaban J connectivity index is 1.90. The van der Waals surface area contributed by atoms with Crippen LogP contribution in [-0.4, -0.2) is 18.7 Å². The van der Waals surface area contributed by atoms with Gasteiger partial charge in [0.2, 0.25) is 0 Å². The molecule has 0 bridgehead atoms. The lowest BCUT2D eigenvalue weighted by Gasteiger charge is -2.08. The standard InChI is InChI=1S/C24H19ClO3/c1-28-22-13-9-19(10-14-22)24(27)16-20(17-5-3-2-4-6-17)15-23(26)18-7-11-21(25)12-8-18/h2-14,16H,15H2,1H3/b20-16+. The van der Waals surface area contributed by atoms with E-state index in [0.717, 1.165) is 5.56 Å². The van der Waals surface area contributed by atoms with Crippen LogP contribution in [0.1, 0.15) is 32.7 Å². The van der Waals surface area contributed by atoms with Gasteiger partial charge in [0.25, 0.3) is 0 Å². The van der Waals surface area contributed by atoms with Crippen LogP contribution in [-0.2, 0) is 0 Å². The Kier molecular flexibility index (Phi) is 6.41. The highest BCUT2D eigenvalue weighted by Crippen LogP contribution is 2.23. The summed E-state index contributed by atoms with van der Waals surface area (Å²) >= 11 is 5.90. The number of ether oxygens (including phenoxy) is 1. The van der Waals surface area contributed by atoms with Crippen LogP contribution in [0.4, 0.5) is 0 Å². The second-order valence-electron chi connectivity index (χ2n) is 6.24. The van der Waals surface area contributed by atoms with Gasteiger partial charge >= 0.3 is 0 Å². The first-order chi connectivity index (χ1) is 13.6. The van der Waals surface area contributed by atoms with Crippen molar-refractivity contribution in [3.8, 4) is 5.75 Å². The lowest BCUT2D eigenvalue weighted by molar-refractivity contribution is 0.0998. The normalized spacial score (nSPS) is 11.1. The highest BCUT2D eigenvalue weighted by atomic mass is 35.5. The van der Waals surface area contributed by atoms with E-state index < -0.39 is 0 Å². The van der Waals surface area contributed by atoms with Crippen LogP contribution < -0.4 is 4.74 Å². The SMILES string of the molecule is COc1ccc(C(=O)/C=C(\CC(=O)c2ccc(Cl)cc2)c2ccccc2)cc1. The van der Waals surface area contributed by atoms with Gasteiger partial charge in [-0.05, 0) is 65.7 Å². The Morgan fingerprint density at radius 3 is 2.04 bits per heavy atom. The van der Waals surface area contributed by atoms with Gasteiger partial charge in [-0.1, -0.05) is 41.9 Å². The second kappa shape index (κ2) is 9.16. The minimum Gasteiger partial charge on any atom is -0.497 e. The molecule has 3 aromatic rings. The van der Waals surface area contributed by atoms with E-state index in [9.17, 15) is 9.59 Å². The molecule has 0 atom stereocenters. The number of Topliss-reactive ketones (excluding diaryl/α,β-unsaturated/α-hetero) is 1. The van der Waals surface area contributed by atoms with Crippen LogP contribution in [0.25, 0.3) is 5.57 Å². The predicted octanol–water partition coefficient (Wildman–Crippen LogP) is 5.89. The Morgan fingerprint density at radius 2 is 1.43 bits per heavy atom. The number of hydrogen-bond donors (Lipinski definition) is 0. The molecule has 0 spiro atoms. The largest absolute Gasteiger partial charge is 0.497 e. The lowest BCUT2D eigenvalue weighted by Crippen LogP contribution is -2.03. The zero-order valence-electron chi connectivity index (χ0n) is 15.4. The Hall–Kier alpha value is -3.17. The molecule has 0 aliphatic carbocycles. The number of hydrogen-bond acceptors (Lipinski definition) is 3. The Morgan fingerprint density at radius 1 is 0.821 bits per heavy atom. The van der Waals surface area contributed by atoms with Gasteiger partial charge in [-0.25, -0.2) is 0 Å². The molecule has 0 aromatic heterocycles. The molecule has 4 heteroatoms. The summed E-state index contributed by atoms with van der Waals surface area (Å²) in [5.41, 5.74) is 2.60. The van der Waals surface area contributed by atoms with E-state index >= 15 is 0 Å². The van der Waals surface area contributed by atoms with Crippen LogP contribution in [0.5, 0.6) is 5.75 Å². The van der Waals surface area contributed by atoms with Gasteiger partial charge in [0, 0.05) is 22.6 Å². The van der Waals surface area contributed by atoms with E-state index in [4.69, 9.17) is 16.3 Å². The molecule has 3 rings (SSSR count). The van der Waals surface area contributed by atoms with Gasteiger partial charge in [-0.15, -0.1) is 0 Å². The van der Waals surface area contributed by atoms with Crippen LogP contribution >= 0.6 is 11.6 Å². The number of benzene rings is 3. The van der Waals surface area contributed by atoms with E-state index in [2.05, 4.69) is 0 Å². The average molecular weight is 391 g/mol. The molecule has 0 fully saturated rings. The molecule has 0 unspecified atom stereocenters. The van der Waals surface area contributed by atoms with E-state index in [0.29, 0.717) is 27.5 Å². The number of ketones is 2. The Labute approximate surface area is 169 Å². The molecule has 0 aliphatic rings. The number of methoxy groups -OCH3 is 1. The lowest BCUT2D eigenvalue weighted by atomic mass is 9.95. The molecular formula is C24H19ClO3. The molecule has 28 heavy (non-hydrogen) atoms. The van der Waals surface area contributed by atoms with Gasteiger partial charge in [-0.2, -0.15) is 0 Å². The van der Waals surface area contributed by atoms with E-state index in [1.807, 2.05) is 30.3 Å². The van der Waals surface area contributed by atoms with E-state index in [-0.39, 0.29) is 18.0 Å². The predicted molar refractivity (Wildman–Crippen MR) is 112 cm³/mol. The zero-order valence-corrected chi connectivity index (χ0v) is 16.1. The quantitative estimate of drug-likeness (QED) is 0.373. The Bertz CT molecular complexity index is 988. The molecule has 0 aliphatic heterocycles.